The molecule has 2 aromatic rings. The number of para-hydroxylation sites is 1. The Balaban J connectivity index is 1.93. The van der Waals surface area contributed by atoms with Crippen LogP contribution in [0.25, 0.3) is 0 Å². The number of ether oxygens (including phenoxy) is 1. The van der Waals surface area contributed by atoms with Crippen molar-refractivity contribution in [3.63, 3.8) is 0 Å². The Labute approximate surface area is 155 Å². The van der Waals surface area contributed by atoms with Crippen LogP contribution in [-0.4, -0.2) is 45.2 Å². The van der Waals surface area contributed by atoms with E-state index in [-0.39, 0.29) is 6.04 Å². The van der Waals surface area contributed by atoms with Crippen LogP contribution in [0.5, 0.6) is 5.75 Å². The Hall–Kier alpha value is -2.73. The molecule has 1 aromatic heterocycles. The maximum Gasteiger partial charge on any atom is 0.191 e. The first kappa shape index (κ1) is 19.6. The van der Waals surface area contributed by atoms with E-state index in [2.05, 4.69) is 27.1 Å². The van der Waals surface area contributed by atoms with Gasteiger partial charge in [-0.3, -0.25) is 9.89 Å². The number of aliphatic imine (C=N–C) groups is 1. The minimum atomic E-state index is 0.117. The molecule has 2 rings (SSSR count). The number of guanidine groups is 1. The minimum Gasteiger partial charge on any atom is -0.489 e. The van der Waals surface area contributed by atoms with Gasteiger partial charge in [0, 0.05) is 25.7 Å². The number of likely N-dealkylation sites (N-methyl/N-ethyl adjacent to an activating group) is 1. The van der Waals surface area contributed by atoms with E-state index in [4.69, 9.17) is 9.15 Å². The van der Waals surface area contributed by atoms with Crippen LogP contribution in [0.4, 0.5) is 0 Å². The normalized spacial score (nSPS) is 12.7. The molecule has 1 atom stereocenters. The van der Waals surface area contributed by atoms with Gasteiger partial charge in [-0.1, -0.05) is 30.9 Å². The van der Waals surface area contributed by atoms with Crippen molar-refractivity contribution in [3.8, 4) is 5.75 Å². The van der Waals surface area contributed by atoms with Crippen LogP contribution in [0, 0.1) is 0 Å². The highest BCUT2D eigenvalue weighted by Gasteiger charge is 2.17. The SMILES string of the molecule is C=CCOc1ccccc1CNC(=NC)NCC(c1ccco1)N(C)C. The minimum absolute atomic E-state index is 0.117. The highest BCUT2D eigenvalue weighted by atomic mass is 16.5. The van der Waals surface area contributed by atoms with Crippen LogP contribution < -0.4 is 15.4 Å². The number of nitrogens with one attached hydrogen (secondary N) is 2. The zero-order valence-electron chi connectivity index (χ0n) is 15.7. The summed E-state index contributed by atoms with van der Waals surface area (Å²) in [5.41, 5.74) is 1.06. The third-order valence-corrected chi connectivity index (χ3v) is 3.96. The van der Waals surface area contributed by atoms with E-state index in [9.17, 15) is 0 Å². The molecule has 26 heavy (non-hydrogen) atoms. The summed E-state index contributed by atoms with van der Waals surface area (Å²) < 4.78 is 11.2. The topological polar surface area (TPSA) is 62.0 Å². The molecular weight excluding hydrogens is 328 g/mol. The van der Waals surface area contributed by atoms with Gasteiger partial charge < -0.3 is 19.8 Å². The van der Waals surface area contributed by atoms with E-state index >= 15 is 0 Å². The summed E-state index contributed by atoms with van der Waals surface area (Å²) in [6, 6.07) is 11.9. The lowest BCUT2D eigenvalue weighted by molar-refractivity contribution is 0.258. The summed E-state index contributed by atoms with van der Waals surface area (Å²) in [5, 5.41) is 6.68. The second-order valence-corrected chi connectivity index (χ2v) is 6.01. The van der Waals surface area contributed by atoms with Crippen molar-refractivity contribution in [2.75, 3.05) is 34.3 Å². The molecule has 1 aromatic carbocycles. The fourth-order valence-corrected chi connectivity index (χ4v) is 2.55. The second kappa shape index (κ2) is 10.3. The largest absolute Gasteiger partial charge is 0.489 e. The lowest BCUT2D eigenvalue weighted by Gasteiger charge is -2.23. The van der Waals surface area contributed by atoms with Gasteiger partial charge in [-0.15, -0.1) is 0 Å². The molecule has 6 heteroatoms. The molecule has 0 aliphatic carbocycles. The van der Waals surface area contributed by atoms with Crippen LogP contribution in [0.1, 0.15) is 17.4 Å². The third kappa shape index (κ3) is 5.67. The highest BCUT2D eigenvalue weighted by Crippen LogP contribution is 2.18. The van der Waals surface area contributed by atoms with Gasteiger partial charge in [0.2, 0.25) is 0 Å². The molecule has 0 saturated carbocycles. The van der Waals surface area contributed by atoms with Crippen molar-refractivity contribution < 1.29 is 9.15 Å². The molecule has 6 nitrogen and oxygen atoms in total. The van der Waals surface area contributed by atoms with Crippen LogP contribution in [0.15, 0.2) is 64.7 Å². The lowest BCUT2D eigenvalue weighted by atomic mass is 10.2. The average molecular weight is 356 g/mol. The molecule has 0 fully saturated rings. The third-order valence-electron chi connectivity index (χ3n) is 3.96. The summed E-state index contributed by atoms with van der Waals surface area (Å²) in [4.78, 5) is 6.40. The highest BCUT2D eigenvalue weighted by molar-refractivity contribution is 5.79. The van der Waals surface area contributed by atoms with E-state index in [1.165, 1.54) is 0 Å². The van der Waals surface area contributed by atoms with E-state index in [1.54, 1.807) is 19.4 Å². The molecule has 0 bridgehead atoms. The number of rotatable bonds is 9. The van der Waals surface area contributed by atoms with Crippen LogP contribution >= 0.6 is 0 Å². The Morgan fingerprint density at radius 2 is 2.08 bits per heavy atom. The maximum atomic E-state index is 5.69. The smallest absolute Gasteiger partial charge is 0.191 e. The molecular formula is C20H28N4O2. The first-order chi connectivity index (χ1) is 12.7. The Morgan fingerprint density at radius 1 is 1.27 bits per heavy atom. The zero-order chi connectivity index (χ0) is 18.8. The molecule has 0 amide bonds. The molecule has 140 valence electrons. The number of hydrogen-bond acceptors (Lipinski definition) is 4. The van der Waals surface area contributed by atoms with E-state index in [1.807, 2.05) is 50.5 Å². The van der Waals surface area contributed by atoms with Crippen molar-refractivity contribution >= 4 is 5.96 Å². The molecule has 2 N–H and O–H groups in total. The van der Waals surface area contributed by atoms with Crippen molar-refractivity contribution in [1.29, 1.82) is 0 Å². The molecule has 0 spiro atoms. The van der Waals surface area contributed by atoms with Gasteiger partial charge in [-0.2, -0.15) is 0 Å². The molecule has 1 unspecified atom stereocenters. The average Bonchev–Trinajstić information content (AvgIpc) is 3.17. The first-order valence-corrected chi connectivity index (χ1v) is 8.61. The van der Waals surface area contributed by atoms with Gasteiger partial charge in [0.1, 0.15) is 18.1 Å². The van der Waals surface area contributed by atoms with E-state index in [0.717, 1.165) is 23.0 Å². The quantitative estimate of drug-likeness (QED) is 0.411. The van der Waals surface area contributed by atoms with Crippen LogP contribution in [0.2, 0.25) is 0 Å². The second-order valence-electron chi connectivity index (χ2n) is 6.01. The number of hydrogen-bond donors (Lipinski definition) is 2. The molecule has 0 aliphatic rings. The summed E-state index contributed by atoms with van der Waals surface area (Å²) in [6.45, 7) is 5.46. The predicted molar refractivity (Wildman–Crippen MR) is 105 cm³/mol. The summed E-state index contributed by atoms with van der Waals surface area (Å²) in [6.07, 6.45) is 3.43. The van der Waals surface area contributed by atoms with Gasteiger partial charge in [-0.05, 0) is 32.3 Å². The van der Waals surface area contributed by atoms with Crippen molar-refractivity contribution in [3.05, 3.63) is 66.6 Å². The van der Waals surface area contributed by atoms with Gasteiger partial charge in [0.25, 0.3) is 0 Å². The summed E-state index contributed by atoms with van der Waals surface area (Å²) >= 11 is 0. The number of furan rings is 1. The first-order valence-electron chi connectivity index (χ1n) is 8.61. The van der Waals surface area contributed by atoms with E-state index < -0.39 is 0 Å². The lowest BCUT2D eigenvalue weighted by Crippen LogP contribution is -2.41. The van der Waals surface area contributed by atoms with E-state index in [0.29, 0.717) is 19.7 Å². The van der Waals surface area contributed by atoms with Gasteiger partial charge in [0.15, 0.2) is 5.96 Å². The van der Waals surface area contributed by atoms with Crippen LogP contribution in [0.3, 0.4) is 0 Å². The predicted octanol–water partition coefficient (Wildman–Crippen LogP) is 2.81. The summed E-state index contributed by atoms with van der Waals surface area (Å²) in [5.74, 6) is 2.49. The molecule has 1 heterocycles. The van der Waals surface area contributed by atoms with Gasteiger partial charge >= 0.3 is 0 Å². The van der Waals surface area contributed by atoms with Gasteiger partial charge in [-0.25, -0.2) is 0 Å². The van der Waals surface area contributed by atoms with Crippen LogP contribution in [-0.2, 0) is 6.54 Å². The fraction of sp³-hybridized carbons (Fsp3) is 0.350. The summed E-state index contributed by atoms with van der Waals surface area (Å²) in [7, 11) is 5.81. The Kier molecular flexibility index (Phi) is 7.76. The van der Waals surface area contributed by atoms with Crippen molar-refractivity contribution in [2.24, 2.45) is 4.99 Å². The maximum absolute atomic E-state index is 5.69. The monoisotopic (exact) mass is 356 g/mol. The molecule has 0 saturated heterocycles. The molecule has 0 aliphatic heterocycles. The van der Waals surface area contributed by atoms with Crippen molar-refractivity contribution in [2.45, 2.75) is 12.6 Å². The standard InChI is InChI=1S/C20H28N4O2/c1-5-12-25-18-10-7-6-9-16(18)14-22-20(21-2)23-15-17(24(3)4)19-11-8-13-26-19/h5-11,13,17H,1,12,14-15H2,2-4H3,(H2,21,22,23). The Morgan fingerprint density at radius 3 is 2.73 bits per heavy atom. The van der Waals surface area contributed by atoms with Crippen molar-refractivity contribution in [1.82, 2.24) is 15.5 Å². The molecule has 0 radical (unpaired) electrons. The number of nitrogens with zero attached hydrogens (tertiary/aromatic N) is 2. The Bertz CT molecular complexity index is 696. The number of benzene rings is 1. The zero-order valence-corrected chi connectivity index (χ0v) is 15.7. The van der Waals surface area contributed by atoms with Gasteiger partial charge in [0.05, 0.1) is 12.3 Å². The fourth-order valence-electron chi connectivity index (χ4n) is 2.55.